The van der Waals surface area contributed by atoms with Gasteiger partial charge in [-0.05, 0) is 43.2 Å². The predicted molar refractivity (Wildman–Crippen MR) is 87.3 cm³/mol. The van der Waals surface area contributed by atoms with Crippen LogP contribution in [0.2, 0.25) is 5.02 Å². The summed E-state index contributed by atoms with van der Waals surface area (Å²) in [4.78, 5) is 12.1. The van der Waals surface area contributed by atoms with E-state index in [1.807, 2.05) is 0 Å². The van der Waals surface area contributed by atoms with Crippen molar-refractivity contribution in [3.05, 3.63) is 46.9 Å². The van der Waals surface area contributed by atoms with Gasteiger partial charge in [0, 0.05) is 11.7 Å². The molecule has 3 rings (SSSR count). The molecule has 1 saturated carbocycles. The van der Waals surface area contributed by atoms with Gasteiger partial charge < -0.3 is 10.6 Å². The molecule has 5 nitrogen and oxygen atoms in total. The average molecular weight is 335 g/mol. The highest BCUT2D eigenvalue weighted by molar-refractivity contribution is 6.31. The number of nitrogens with zero attached hydrogens (tertiary/aromatic N) is 2. The second-order valence-corrected chi connectivity index (χ2v) is 5.92. The maximum atomic E-state index is 13.1. The molecule has 2 N–H and O–H groups in total. The number of hydrogen-bond donors (Lipinski definition) is 2. The third-order valence-electron chi connectivity index (χ3n) is 3.78. The van der Waals surface area contributed by atoms with Crippen LogP contribution in [0.3, 0.4) is 0 Å². The van der Waals surface area contributed by atoms with Crippen LogP contribution in [0.5, 0.6) is 0 Å². The average Bonchev–Trinajstić information content (AvgIpc) is 3.04. The topological polar surface area (TPSA) is 66.9 Å². The van der Waals surface area contributed by atoms with Gasteiger partial charge in [0.05, 0.1) is 5.02 Å². The van der Waals surface area contributed by atoms with Gasteiger partial charge in [-0.1, -0.05) is 24.4 Å². The molecule has 0 unspecified atom stereocenters. The van der Waals surface area contributed by atoms with Crippen LogP contribution in [-0.4, -0.2) is 22.1 Å². The van der Waals surface area contributed by atoms with E-state index < -0.39 is 11.7 Å². The van der Waals surface area contributed by atoms with Crippen molar-refractivity contribution in [1.29, 1.82) is 0 Å². The molecular formula is C16H16ClFN4O. The summed E-state index contributed by atoms with van der Waals surface area (Å²) < 4.78 is 13.1. The highest BCUT2D eigenvalue weighted by Gasteiger charge is 2.16. The Hall–Kier alpha value is -2.21. The van der Waals surface area contributed by atoms with Gasteiger partial charge in [-0.3, -0.25) is 4.79 Å². The minimum Gasteiger partial charge on any atom is -0.366 e. The fourth-order valence-corrected chi connectivity index (χ4v) is 2.76. The van der Waals surface area contributed by atoms with Crippen molar-refractivity contribution in [2.45, 2.75) is 31.7 Å². The molecule has 0 radical (unpaired) electrons. The number of halogens is 2. The van der Waals surface area contributed by atoms with Crippen molar-refractivity contribution >= 4 is 29.0 Å². The van der Waals surface area contributed by atoms with Crippen molar-refractivity contribution < 1.29 is 9.18 Å². The molecule has 1 aliphatic carbocycles. The van der Waals surface area contributed by atoms with Crippen LogP contribution >= 0.6 is 11.6 Å². The molecule has 0 spiro atoms. The van der Waals surface area contributed by atoms with Crippen LogP contribution in [-0.2, 0) is 0 Å². The highest BCUT2D eigenvalue weighted by Crippen LogP contribution is 2.22. The first-order valence-electron chi connectivity index (χ1n) is 7.48. The van der Waals surface area contributed by atoms with E-state index >= 15 is 0 Å². The molecule has 1 amide bonds. The maximum absolute atomic E-state index is 13.1. The molecule has 7 heteroatoms. The first-order chi connectivity index (χ1) is 11.1. The number of benzene rings is 1. The number of anilines is 2. The predicted octanol–water partition coefficient (Wildman–Crippen LogP) is 3.88. The lowest BCUT2D eigenvalue weighted by Gasteiger charge is -2.12. The Morgan fingerprint density at radius 3 is 2.61 bits per heavy atom. The van der Waals surface area contributed by atoms with Gasteiger partial charge >= 0.3 is 0 Å². The molecule has 23 heavy (non-hydrogen) atoms. The van der Waals surface area contributed by atoms with Crippen molar-refractivity contribution in [3.63, 3.8) is 0 Å². The summed E-state index contributed by atoms with van der Waals surface area (Å²) in [6.07, 6.45) is 4.72. The molecule has 1 aromatic heterocycles. The highest BCUT2D eigenvalue weighted by atomic mass is 35.5. The number of carbonyl (C=O) groups excluding carboxylic acids is 1. The minimum absolute atomic E-state index is 0.0509. The Balaban J connectivity index is 1.63. The molecule has 1 heterocycles. The quantitative estimate of drug-likeness (QED) is 0.890. The van der Waals surface area contributed by atoms with Crippen molar-refractivity contribution in [1.82, 2.24) is 10.2 Å². The molecule has 0 bridgehead atoms. The Morgan fingerprint density at radius 1 is 1.17 bits per heavy atom. The molecule has 120 valence electrons. The monoisotopic (exact) mass is 334 g/mol. The van der Waals surface area contributed by atoms with E-state index in [-0.39, 0.29) is 10.7 Å². The third kappa shape index (κ3) is 3.96. The van der Waals surface area contributed by atoms with E-state index in [0.717, 1.165) is 12.8 Å². The second-order valence-electron chi connectivity index (χ2n) is 5.51. The van der Waals surface area contributed by atoms with E-state index in [9.17, 15) is 9.18 Å². The van der Waals surface area contributed by atoms with E-state index in [4.69, 9.17) is 11.6 Å². The summed E-state index contributed by atoms with van der Waals surface area (Å²) in [5.74, 6) is -0.294. The summed E-state index contributed by atoms with van der Waals surface area (Å²) in [5, 5.41) is 13.8. The Morgan fingerprint density at radius 2 is 1.96 bits per heavy atom. The van der Waals surface area contributed by atoms with Crippen LogP contribution < -0.4 is 10.6 Å². The number of amides is 1. The number of hydrogen-bond acceptors (Lipinski definition) is 4. The normalized spacial score (nSPS) is 14.7. The minimum atomic E-state index is -0.535. The van der Waals surface area contributed by atoms with Gasteiger partial charge in [-0.2, -0.15) is 0 Å². The molecular weight excluding hydrogens is 319 g/mol. The van der Waals surface area contributed by atoms with Crippen molar-refractivity contribution in [2.24, 2.45) is 0 Å². The fraction of sp³-hybridized carbons (Fsp3) is 0.312. The van der Waals surface area contributed by atoms with Crippen LogP contribution in [0, 0.1) is 5.82 Å². The molecule has 0 atom stereocenters. The van der Waals surface area contributed by atoms with E-state index in [2.05, 4.69) is 20.8 Å². The first kappa shape index (κ1) is 15.7. The lowest BCUT2D eigenvalue weighted by atomic mass is 10.2. The second kappa shape index (κ2) is 6.91. The molecule has 0 saturated heterocycles. The third-order valence-corrected chi connectivity index (χ3v) is 4.07. The largest absolute Gasteiger partial charge is 0.366 e. The lowest BCUT2D eigenvalue weighted by Crippen LogP contribution is -2.18. The van der Waals surface area contributed by atoms with E-state index in [1.54, 1.807) is 12.1 Å². The zero-order valence-corrected chi connectivity index (χ0v) is 13.1. The summed E-state index contributed by atoms with van der Waals surface area (Å²) in [6.45, 7) is 0. The number of rotatable bonds is 4. The Labute approximate surface area is 138 Å². The summed E-state index contributed by atoms with van der Waals surface area (Å²) >= 11 is 5.68. The number of aromatic nitrogens is 2. The summed E-state index contributed by atoms with van der Waals surface area (Å²) in [7, 11) is 0. The van der Waals surface area contributed by atoms with Gasteiger partial charge in [-0.15, -0.1) is 10.2 Å². The van der Waals surface area contributed by atoms with Crippen molar-refractivity contribution in [2.75, 3.05) is 10.6 Å². The lowest BCUT2D eigenvalue weighted by molar-refractivity contribution is 0.102. The van der Waals surface area contributed by atoms with Gasteiger partial charge in [0.25, 0.3) is 5.91 Å². The molecule has 1 fully saturated rings. The SMILES string of the molecule is O=C(Nc1ccc(F)c(Cl)c1)c1ccc(NC2CCCC2)nn1. The molecule has 1 aromatic carbocycles. The molecule has 0 aliphatic heterocycles. The molecule has 1 aliphatic rings. The van der Waals surface area contributed by atoms with E-state index in [1.165, 1.54) is 31.0 Å². The van der Waals surface area contributed by atoms with Crippen molar-refractivity contribution in [3.8, 4) is 0 Å². The summed E-state index contributed by atoms with van der Waals surface area (Å²) in [5.41, 5.74) is 0.582. The zero-order chi connectivity index (χ0) is 16.2. The molecule has 2 aromatic rings. The van der Waals surface area contributed by atoms with Gasteiger partial charge in [0.2, 0.25) is 0 Å². The maximum Gasteiger partial charge on any atom is 0.276 e. The van der Waals surface area contributed by atoms with Crippen LogP contribution in [0.1, 0.15) is 36.2 Å². The van der Waals surface area contributed by atoms with Gasteiger partial charge in [-0.25, -0.2) is 4.39 Å². The number of carbonyl (C=O) groups is 1. The van der Waals surface area contributed by atoms with Crippen LogP contribution in [0.25, 0.3) is 0 Å². The summed E-state index contributed by atoms with van der Waals surface area (Å²) in [6, 6.07) is 7.74. The van der Waals surface area contributed by atoms with Crippen LogP contribution in [0.15, 0.2) is 30.3 Å². The van der Waals surface area contributed by atoms with E-state index in [0.29, 0.717) is 17.5 Å². The van der Waals surface area contributed by atoms with Gasteiger partial charge in [0.15, 0.2) is 5.69 Å². The van der Waals surface area contributed by atoms with Gasteiger partial charge in [0.1, 0.15) is 11.6 Å². The Bertz CT molecular complexity index is 702. The fourth-order valence-electron chi connectivity index (χ4n) is 2.58. The smallest absolute Gasteiger partial charge is 0.276 e. The number of nitrogens with one attached hydrogen (secondary N) is 2. The first-order valence-corrected chi connectivity index (χ1v) is 7.86. The zero-order valence-electron chi connectivity index (χ0n) is 12.4. The standard InChI is InChI=1S/C16H16ClFN4O/c17-12-9-11(5-6-13(12)18)20-16(23)14-7-8-15(22-21-14)19-10-3-1-2-4-10/h5-10H,1-4H2,(H,19,22)(H,20,23). The van der Waals surface area contributed by atoms with Crippen LogP contribution in [0.4, 0.5) is 15.9 Å². The Kier molecular flexibility index (Phi) is 4.71.